The number of methoxy groups -OCH3 is 1. The third kappa shape index (κ3) is 2.72. The van der Waals surface area contributed by atoms with Crippen LogP contribution in [0.3, 0.4) is 0 Å². The van der Waals surface area contributed by atoms with Crippen LogP contribution in [0.4, 0.5) is 0 Å². The minimum atomic E-state index is 0.562. The van der Waals surface area contributed by atoms with Crippen LogP contribution in [0.15, 0.2) is 42.5 Å². The summed E-state index contributed by atoms with van der Waals surface area (Å²) in [5, 5.41) is 10.2. The maximum Gasteiger partial charge on any atom is 0.135 e. The number of benzene rings is 2. The van der Waals surface area contributed by atoms with E-state index in [9.17, 15) is 5.26 Å². The van der Waals surface area contributed by atoms with Crippen molar-refractivity contribution in [3.63, 3.8) is 0 Å². The van der Waals surface area contributed by atoms with E-state index < -0.39 is 0 Å². The molecule has 2 aromatic carbocycles. The van der Waals surface area contributed by atoms with Gasteiger partial charge < -0.3 is 4.74 Å². The van der Waals surface area contributed by atoms with Crippen molar-refractivity contribution in [3.8, 4) is 11.8 Å². The van der Waals surface area contributed by atoms with Crippen molar-refractivity contribution < 1.29 is 4.74 Å². The van der Waals surface area contributed by atoms with Gasteiger partial charge in [-0.2, -0.15) is 5.26 Å². The predicted octanol–water partition coefficient (Wildman–Crippen LogP) is 4.68. The molecule has 0 aliphatic rings. The molecular weight excluding hydrogens is 292 g/mol. The molecule has 3 aromatic rings. The van der Waals surface area contributed by atoms with Gasteiger partial charge >= 0.3 is 0 Å². The fourth-order valence-electron chi connectivity index (χ4n) is 2.22. The molecule has 3 nitrogen and oxygen atoms in total. The summed E-state index contributed by atoms with van der Waals surface area (Å²) < 4.78 is 6.41. The molecule has 3 rings (SSSR count). The zero-order valence-corrected chi connectivity index (χ0v) is 13.1. The number of nitriles is 1. The lowest BCUT2D eigenvalue weighted by atomic mass is 10.1. The first-order valence-electron chi connectivity index (χ1n) is 6.83. The Morgan fingerprint density at radius 3 is 2.82 bits per heavy atom. The largest absolute Gasteiger partial charge is 0.496 e. The highest BCUT2D eigenvalue weighted by Gasteiger charge is 2.09. The first kappa shape index (κ1) is 14.3. The lowest BCUT2D eigenvalue weighted by molar-refractivity contribution is 0.411. The number of hydrogen-bond donors (Lipinski definition) is 0. The molecule has 0 bridgehead atoms. The van der Waals surface area contributed by atoms with Gasteiger partial charge in [0.15, 0.2) is 0 Å². The molecule has 0 saturated carbocycles. The maximum atomic E-state index is 9.46. The van der Waals surface area contributed by atoms with E-state index in [0.717, 1.165) is 32.1 Å². The van der Waals surface area contributed by atoms with Crippen LogP contribution in [0.25, 0.3) is 21.9 Å². The zero-order chi connectivity index (χ0) is 15.5. The van der Waals surface area contributed by atoms with Crippen molar-refractivity contribution >= 4 is 33.2 Å². The third-order valence-electron chi connectivity index (χ3n) is 3.39. The van der Waals surface area contributed by atoms with Crippen LogP contribution in [-0.4, -0.2) is 12.1 Å². The van der Waals surface area contributed by atoms with E-state index in [4.69, 9.17) is 4.74 Å². The summed E-state index contributed by atoms with van der Waals surface area (Å²) in [5.74, 6) is 0.815. The standard InChI is InChI=1S/C18H14N2OS/c1-12-7-8-13(10-16(12)21-2)9-14(11-19)18-20-15-5-3-4-6-17(15)22-18/h3-10H,1-2H3/b14-9-. The van der Waals surface area contributed by atoms with Crippen LogP contribution in [0.5, 0.6) is 5.75 Å². The number of thiazole rings is 1. The van der Waals surface area contributed by atoms with Crippen molar-refractivity contribution in [3.05, 3.63) is 58.6 Å². The van der Waals surface area contributed by atoms with Crippen molar-refractivity contribution in [2.24, 2.45) is 0 Å². The fourth-order valence-corrected chi connectivity index (χ4v) is 3.15. The number of nitrogens with zero attached hydrogens (tertiary/aromatic N) is 2. The van der Waals surface area contributed by atoms with E-state index in [1.165, 1.54) is 11.3 Å². The first-order valence-corrected chi connectivity index (χ1v) is 7.65. The molecule has 0 unspecified atom stereocenters. The highest BCUT2D eigenvalue weighted by atomic mass is 32.1. The van der Waals surface area contributed by atoms with E-state index in [1.807, 2.05) is 55.5 Å². The fraction of sp³-hybridized carbons (Fsp3) is 0.111. The van der Waals surface area contributed by atoms with Crippen LogP contribution in [-0.2, 0) is 0 Å². The second-order valence-corrected chi connectivity index (χ2v) is 5.92. The zero-order valence-electron chi connectivity index (χ0n) is 12.3. The van der Waals surface area contributed by atoms with E-state index in [2.05, 4.69) is 11.1 Å². The Hall–Kier alpha value is -2.64. The Labute approximate surface area is 133 Å². The molecule has 1 aromatic heterocycles. The predicted molar refractivity (Wildman–Crippen MR) is 90.8 cm³/mol. The monoisotopic (exact) mass is 306 g/mol. The topological polar surface area (TPSA) is 45.9 Å². The Bertz CT molecular complexity index is 870. The molecule has 0 aliphatic heterocycles. The summed E-state index contributed by atoms with van der Waals surface area (Å²) in [4.78, 5) is 4.54. The van der Waals surface area contributed by atoms with Crippen LogP contribution in [0.1, 0.15) is 16.1 Å². The summed E-state index contributed by atoms with van der Waals surface area (Å²) in [6.45, 7) is 1.99. The van der Waals surface area contributed by atoms with Gasteiger partial charge in [0.05, 0.1) is 22.9 Å². The number of aromatic nitrogens is 1. The minimum absolute atomic E-state index is 0.562. The van der Waals surface area contributed by atoms with Gasteiger partial charge in [0, 0.05) is 0 Å². The molecule has 0 fully saturated rings. The molecule has 0 atom stereocenters. The molecule has 4 heteroatoms. The number of rotatable bonds is 3. The number of fused-ring (bicyclic) bond motifs is 1. The SMILES string of the molecule is COc1cc(/C=C(/C#N)c2nc3ccccc3s2)ccc1C. The van der Waals surface area contributed by atoms with Gasteiger partial charge in [-0.15, -0.1) is 11.3 Å². The van der Waals surface area contributed by atoms with E-state index >= 15 is 0 Å². The van der Waals surface area contributed by atoms with E-state index in [-0.39, 0.29) is 0 Å². The molecule has 22 heavy (non-hydrogen) atoms. The molecule has 0 radical (unpaired) electrons. The highest BCUT2D eigenvalue weighted by molar-refractivity contribution is 7.19. The Kier molecular flexibility index (Phi) is 3.90. The lowest BCUT2D eigenvalue weighted by Gasteiger charge is -2.05. The van der Waals surface area contributed by atoms with Crippen LogP contribution >= 0.6 is 11.3 Å². The van der Waals surface area contributed by atoms with Gasteiger partial charge in [-0.1, -0.05) is 24.3 Å². The van der Waals surface area contributed by atoms with Crippen molar-refractivity contribution in [2.45, 2.75) is 6.92 Å². The number of allylic oxidation sites excluding steroid dienone is 1. The molecule has 0 N–H and O–H groups in total. The molecule has 0 saturated heterocycles. The normalized spacial score (nSPS) is 11.4. The molecular formula is C18H14N2OS. The molecule has 1 heterocycles. The lowest BCUT2D eigenvalue weighted by Crippen LogP contribution is -1.88. The van der Waals surface area contributed by atoms with Crippen molar-refractivity contribution in [1.82, 2.24) is 4.98 Å². The van der Waals surface area contributed by atoms with Crippen LogP contribution in [0.2, 0.25) is 0 Å². The Morgan fingerprint density at radius 1 is 1.27 bits per heavy atom. The number of ether oxygens (including phenoxy) is 1. The summed E-state index contributed by atoms with van der Waals surface area (Å²) in [6.07, 6.45) is 1.85. The van der Waals surface area contributed by atoms with Gasteiger partial charge in [0.25, 0.3) is 0 Å². The summed E-state index contributed by atoms with van der Waals surface area (Å²) in [6, 6.07) is 16.0. The second kappa shape index (κ2) is 6.00. The van der Waals surface area contributed by atoms with E-state index in [0.29, 0.717) is 5.57 Å². The van der Waals surface area contributed by atoms with Gasteiger partial charge in [-0.3, -0.25) is 0 Å². The van der Waals surface area contributed by atoms with Gasteiger partial charge in [-0.05, 0) is 42.3 Å². The number of para-hydroxylation sites is 1. The summed E-state index contributed by atoms with van der Waals surface area (Å²) >= 11 is 1.53. The minimum Gasteiger partial charge on any atom is -0.496 e. The number of hydrogen-bond acceptors (Lipinski definition) is 4. The molecule has 0 amide bonds. The van der Waals surface area contributed by atoms with Gasteiger partial charge in [0.2, 0.25) is 0 Å². The maximum absolute atomic E-state index is 9.46. The summed E-state index contributed by atoms with van der Waals surface area (Å²) in [5.41, 5.74) is 3.48. The van der Waals surface area contributed by atoms with Crippen LogP contribution < -0.4 is 4.74 Å². The smallest absolute Gasteiger partial charge is 0.135 e. The average Bonchev–Trinajstić information content (AvgIpc) is 2.97. The van der Waals surface area contributed by atoms with Gasteiger partial charge in [0.1, 0.15) is 16.8 Å². The van der Waals surface area contributed by atoms with Crippen molar-refractivity contribution in [1.29, 1.82) is 5.26 Å². The third-order valence-corrected chi connectivity index (χ3v) is 4.46. The van der Waals surface area contributed by atoms with Gasteiger partial charge in [-0.25, -0.2) is 4.98 Å². The second-order valence-electron chi connectivity index (χ2n) is 4.89. The Morgan fingerprint density at radius 2 is 2.09 bits per heavy atom. The molecule has 0 spiro atoms. The molecule has 0 aliphatic carbocycles. The van der Waals surface area contributed by atoms with E-state index in [1.54, 1.807) is 7.11 Å². The molecule has 108 valence electrons. The highest BCUT2D eigenvalue weighted by Crippen LogP contribution is 2.29. The summed E-state index contributed by atoms with van der Waals surface area (Å²) in [7, 11) is 1.65. The van der Waals surface area contributed by atoms with Crippen LogP contribution in [0, 0.1) is 18.3 Å². The Balaban J connectivity index is 2.05. The van der Waals surface area contributed by atoms with Crippen molar-refractivity contribution in [2.75, 3.05) is 7.11 Å². The quantitative estimate of drug-likeness (QED) is 0.660. The first-order chi connectivity index (χ1) is 10.7. The average molecular weight is 306 g/mol. The number of aryl methyl sites for hydroxylation is 1.